The molecule has 2 heterocycles. The van der Waals surface area contributed by atoms with Gasteiger partial charge >= 0.3 is 6.03 Å². The summed E-state index contributed by atoms with van der Waals surface area (Å²) in [4.78, 5) is 16.8. The van der Waals surface area contributed by atoms with E-state index >= 15 is 0 Å². The number of carbonyl (C=O) groups is 1. The number of nitrogens with zero attached hydrogens (tertiary/aromatic N) is 2. The molecule has 1 aromatic carbocycles. The Morgan fingerprint density at radius 3 is 2.87 bits per heavy atom. The molecule has 0 aromatic heterocycles. The third kappa shape index (κ3) is 4.85. The van der Waals surface area contributed by atoms with Crippen molar-refractivity contribution < 1.29 is 4.79 Å². The van der Waals surface area contributed by atoms with Gasteiger partial charge in [-0.15, -0.1) is 0 Å². The van der Waals surface area contributed by atoms with E-state index in [1.165, 1.54) is 25.9 Å². The molecule has 3 rings (SSSR count). The Balaban J connectivity index is 1.37. The molecule has 1 aromatic rings. The smallest absolute Gasteiger partial charge is 0.317 e. The predicted octanol–water partition coefficient (Wildman–Crippen LogP) is 3.01. The number of nitrogens with one attached hydrogen (secondary N) is 1. The maximum absolute atomic E-state index is 12.3. The Labute approximate surface area is 143 Å². The second kappa shape index (κ2) is 8.02. The lowest BCUT2D eigenvalue weighted by Gasteiger charge is -2.21. The van der Waals surface area contributed by atoms with Crippen molar-refractivity contribution in [3.05, 3.63) is 34.9 Å². The monoisotopic (exact) mass is 335 g/mol. The third-order valence-electron chi connectivity index (χ3n) is 4.87. The molecule has 0 spiro atoms. The Morgan fingerprint density at radius 1 is 1.26 bits per heavy atom. The first-order valence-electron chi connectivity index (χ1n) is 8.70. The quantitative estimate of drug-likeness (QED) is 0.897. The predicted molar refractivity (Wildman–Crippen MR) is 93.9 cm³/mol. The molecule has 1 atom stereocenters. The highest BCUT2D eigenvalue weighted by atomic mass is 35.5. The van der Waals surface area contributed by atoms with Gasteiger partial charge in [-0.2, -0.15) is 0 Å². The van der Waals surface area contributed by atoms with Crippen LogP contribution in [0.1, 0.15) is 24.8 Å². The summed E-state index contributed by atoms with van der Waals surface area (Å²) in [5.41, 5.74) is 1.16. The molecule has 0 saturated carbocycles. The van der Waals surface area contributed by atoms with Crippen LogP contribution >= 0.6 is 11.6 Å². The second-order valence-electron chi connectivity index (χ2n) is 6.72. The van der Waals surface area contributed by atoms with Crippen LogP contribution in [0, 0.1) is 5.92 Å². The van der Waals surface area contributed by atoms with Crippen molar-refractivity contribution in [2.24, 2.45) is 5.92 Å². The van der Waals surface area contributed by atoms with E-state index in [1.54, 1.807) is 0 Å². The number of benzene rings is 1. The molecule has 2 saturated heterocycles. The molecule has 0 bridgehead atoms. The van der Waals surface area contributed by atoms with Gasteiger partial charge in [-0.3, -0.25) is 0 Å². The van der Waals surface area contributed by atoms with Gasteiger partial charge in [0, 0.05) is 31.2 Å². The first-order chi connectivity index (χ1) is 11.2. The molecule has 5 heteroatoms. The number of likely N-dealkylation sites (tertiary alicyclic amines) is 2. The molecule has 2 aliphatic heterocycles. The highest BCUT2D eigenvalue weighted by Crippen LogP contribution is 2.19. The minimum atomic E-state index is 0.0796. The molecular formula is C18H26ClN3O. The molecule has 23 heavy (non-hydrogen) atoms. The van der Waals surface area contributed by atoms with Crippen molar-refractivity contribution in [3.63, 3.8) is 0 Å². The summed E-state index contributed by atoms with van der Waals surface area (Å²) >= 11 is 5.98. The highest BCUT2D eigenvalue weighted by Gasteiger charge is 2.28. The molecule has 1 N–H and O–H groups in total. The van der Waals surface area contributed by atoms with Gasteiger partial charge in [-0.05, 0) is 62.4 Å². The van der Waals surface area contributed by atoms with Gasteiger partial charge in [0.25, 0.3) is 0 Å². The van der Waals surface area contributed by atoms with Gasteiger partial charge < -0.3 is 15.1 Å². The van der Waals surface area contributed by atoms with E-state index in [4.69, 9.17) is 11.6 Å². The van der Waals surface area contributed by atoms with Crippen LogP contribution in [0.2, 0.25) is 5.02 Å². The normalized spacial score (nSPS) is 21.8. The standard InChI is InChI=1S/C18H26ClN3O/c19-17-5-3-4-15(12-17)6-8-20-18(23)22-11-7-16(14-22)13-21-9-1-2-10-21/h3-5,12,16H,1-2,6-11,13-14H2,(H,20,23). The fourth-order valence-corrected chi connectivity index (χ4v) is 3.83. The SMILES string of the molecule is O=C(NCCc1cccc(Cl)c1)N1CCC(CN2CCCC2)C1. The molecule has 126 valence electrons. The maximum atomic E-state index is 12.3. The van der Waals surface area contributed by atoms with Crippen molar-refractivity contribution in [1.29, 1.82) is 0 Å². The summed E-state index contributed by atoms with van der Waals surface area (Å²) < 4.78 is 0. The summed E-state index contributed by atoms with van der Waals surface area (Å²) in [5.74, 6) is 0.645. The number of amides is 2. The number of hydrogen-bond donors (Lipinski definition) is 1. The fraction of sp³-hybridized carbons (Fsp3) is 0.611. The molecule has 4 nitrogen and oxygen atoms in total. The third-order valence-corrected chi connectivity index (χ3v) is 5.10. The lowest BCUT2D eigenvalue weighted by atomic mass is 10.1. The van der Waals surface area contributed by atoms with E-state index in [1.807, 2.05) is 29.2 Å². The Kier molecular flexibility index (Phi) is 5.79. The molecule has 1 unspecified atom stereocenters. The number of hydrogen-bond acceptors (Lipinski definition) is 2. The Morgan fingerprint density at radius 2 is 2.09 bits per heavy atom. The zero-order valence-corrected chi connectivity index (χ0v) is 14.4. The average Bonchev–Trinajstić information content (AvgIpc) is 3.19. The zero-order valence-electron chi connectivity index (χ0n) is 13.6. The van der Waals surface area contributed by atoms with E-state index < -0.39 is 0 Å². The minimum absolute atomic E-state index is 0.0796. The molecular weight excluding hydrogens is 310 g/mol. The van der Waals surface area contributed by atoms with Crippen LogP contribution in [-0.4, -0.2) is 55.1 Å². The second-order valence-corrected chi connectivity index (χ2v) is 7.16. The molecule has 0 aliphatic carbocycles. The van der Waals surface area contributed by atoms with Crippen LogP contribution in [0.3, 0.4) is 0 Å². The number of carbonyl (C=O) groups excluding carboxylic acids is 1. The van der Waals surface area contributed by atoms with Crippen LogP contribution < -0.4 is 5.32 Å². The minimum Gasteiger partial charge on any atom is -0.338 e. The largest absolute Gasteiger partial charge is 0.338 e. The number of halogens is 1. The van der Waals surface area contributed by atoms with Gasteiger partial charge in [0.1, 0.15) is 0 Å². The van der Waals surface area contributed by atoms with Crippen molar-refractivity contribution in [2.75, 3.05) is 39.3 Å². The summed E-state index contributed by atoms with van der Waals surface area (Å²) in [7, 11) is 0. The van der Waals surface area contributed by atoms with Crippen LogP contribution in [0.4, 0.5) is 4.79 Å². The van der Waals surface area contributed by atoms with Crippen LogP contribution in [0.15, 0.2) is 24.3 Å². The van der Waals surface area contributed by atoms with Crippen molar-refractivity contribution >= 4 is 17.6 Å². The number of rotatable bonds is 5. The molecule has 2 amide bonds. The van der Waals surface area contributed by atoms with Gasteiger partial charge in [-0.25, -0.2) is 4.79 Å². The van der Waals surface area contributed by atoms with Crippen LogP contribution in [0.25, 0.3) is 0 Å². The Hall–Kier alpha value is -1.26. The Bertz CT molecular complexity index is 531. The van der Waals surface area contributed by atoms with Gasteiger partial charge in [-0.1, -0.05) is 23.7 Å². The zero-order chi connectivity index (χ0) is 16.1. The van der Waals surface area contributed by atoms with Gasteiger partial charge in [0.05, 0.1) is 0 Å². The molecule has 2 fully saturated rings. The van der Waals surface area contributed by atoms with Crippen LogP contribution in [0.5, 0.6) is 0 Å². The first-order valence-corrected chi connectivity index (χ1v) is 9.08. The number of urea groups is 1. The van der Waals surface area contributed by atoms with Crippen molar-refractivity contribution in [1.82, 2.24) is 15.1 Å². The topological polar surface area (TPSA) is 35.6 Å². The maximum Gasteiger partial charge on any atom is 0.317 e. The van der Waals surface area contributed by atoms with Gasteiger partial charge in [0.2, 0.25) is 0 Å². The summed E-state index contributed by atoms with van der Waals surface area (Å²) in [5, 5.41) is 3.79. The van der Waals surface area contributed by atoms with E-state index in [0.29, 0.717) is 12.5 Å². The average molecular weight is 336 g/mol. The molecule has 2 aliphatic rings. The summed E-state index contributed by atoms with van der Waals surface area (Å²) in [6.07, 6.45) is 4.62. The van der Waals surface area contributed by atoms with Crippen molar-refractivity contribution in [2.45, 2.75) is 25.7 Å². The first kappa shape index (κ1) is 16.6. The van der Waals surface area contributed by atoms with E-state index in [0.717, 1.165) is 43.1 Å². The van der Waals surface area contributed by atoms with E-state index in [9.17, 15) is 4.79 Å². The highest BCUT2D eigenvalue weighted by molar-refractivity contribution is 6.30. The molecule has 0 radical (unpaired) electrons. The van der Waals surface area contributed by atoms with Crippen LogP contribution in [-0.2, 0) is 6.42 Å². The summed E-state index contributed by atoms with van der Waals surface area (Å²) in [6.45, 7) is 6.09. The van der Waals surface area contributed by atoms with Gasteiger partial charge in [0.15, 0.2) is 0 Å². The summed E-state index contributed by atoms with van der Waals surface area (Å²) in [6, 6.07) is 7.89. The lowest BCUT2D eigenvalue weighted by Crippen LogP contribution is -2.40. The van der Waals surface area contributed by atoms with Crippen molar-refractivity contribution in [3.8, 4) is 0 Å². The lowest BCUT2D eigenvalue weighted by molar-refractivity contribution is 0.204. The van der Waals surface area contributed by atoms with E-state index in [-0.39, 0.29) is 6.03 Å². The van der Waals surface area contributed by atoms with E-state index in [2.05, 4.69) is 10.2 Å². The fourth-order valence-electron chi connectivity index (χ4n) is 3.61.